The van der Waals surface area contributed by atoms with Gasteiger partial charge in [-0.05, 0) is 36.0 Å². The summed E-state index contributed by atoms with van der Waals surface area (Å²) in [5, 5.41) is 3.29. The zero-order valence-corrected chi connectivity index (χ0v) is 15.0. The van der Waals surface area contributed by atoms with Gasteiger partial charge in [0, 0.05) is 28.4 Å². The fourth-order valence-electron chi connectivity index (χ4n) is 3.29. The molecule has 0 fully saturated rings. The van der Waals surface area contributed by atoms with Gasteiger partial charge in [-0.1, -0.05) is 0 Å². The van der Waals surface area contributed by atoms with Gasteiger partial charge in [0.2, 0.25) is 5.95 Å². The number of benzene rings is 2. The second-order valence-corrected chi connectivity index (χ2v) is 7.15. The van der Waals surface area contributed by atoms with Crippen molar-refractivity contribution in [1.29, 1.82) is 0 Å². The largest absolute Gasteiger partial charge is 0.383 e. The predicted molar refractivity (Wildman–Crippen MR) is 107 cm³/mol. The molecule has 0 aliphatic rings. The van der Waals surface area contributed by atoms with Crippen LogP contribution in [0.25, 0.3) is 32.6 Å². The molecule has 0 saturated carbocycles. The number of anilines is 2. The van der Waals surface area contributed by atoms with E-state index in [1.54, 1.807) is 24.4 Å². The van der Waals surface area contributed by atoms with Gasteiger partial charge in [0.15, 0.2) is 5.16 Å². The zero-order chi connectivity index (χ0) is 19.4. The van der Waals surface area contributed by atoms with Gasteiger partial charge in [-0.2, -0.15) is 4.98 Å². The average molecular weight is 393 g/mol. The molecule has 0 aliphatic heterocycles. The minimum Gasteiger partial charge on any atom is -0.383 e. The van der Waals surface area contributed by atoms with Gasteiger partial charge >= 0.3 is 0 Å². The first-order chi connectivity index (χ1) is 13.5. The van der Waals surface area contributed by atoms with Crippen molar-refractivity contribution in [3.63, 3.8) is 0 Å². The summed E-state index contributed by atoms with van der Waals surface area (Å²) in [6.07, 6.45) is 1.54. The fraction of sp³-hybridized carbons (Fsp3) is 0. The number of rotatable bonds is 2. The summed E-state index contributed by atoms with van der Waals surface area (Å²) in [5.74, 6) is -0.0991. The highest BCUT2D eigenvalue weighted by Crippen LogP contribution is 2.35. The molecule has 5 rings (SSSR count). The molecule has 0 atom stereocenters. The molecule has 3 heterocycles. The van der Waals surface area contributed by atoms with E-state index in [1.807, 2.05) is 0 Å². The van der Waals surface area contributed by atoms with Gasteiger partial charge in [0.1, 0.15) is 16.7 Å². The number of imidazole rings is 1. The molecule has 0 aliphatic carbocycles. The van der Waals surface area contributed by atoms with Gasteiger partial charge in [0.25, 0.3) is 5.56 Å². The van der Waals surface area contributed by atoms with Crippen molar-refractivity contribution in [3.8, 4) is 0 Å². The summed E-state index contributed by atoms with van der Waals surface area (Å²) in [7, 11) is 0. The van der Waals surface area contributed by atoms with E-state index in [0.717, 1.165) is 0 Å². The third kappa shape index (κ3) is 2.54. The normalized spacial score (nSPS) is 11.6. The van der Waals surface area contributed by atoms with Gasteiger partial charge in [-0.3, -0.25) is 4.79 Å². The topological polar surface area (TPSA) is 139 Å². The SMILES string of the molecule is Nc1cc(Sc2nc3c4cc[nH]c(=O)c4c4cc(F)ccc4c3[nH]2)nc(N)n1. The average Bonchev–Trinajstić information content (AvgIpc) is 3.04. The van der Waals surface area contributed by atoms with Crippen molar-refractivity contribution < 1.29 is 4.39 Å². The highest BCUT2D eigenvalue weighted by molar-refractivity contribution is 7.99. The molecule has 0 spiro atoms. The second-order valence-electron chi connectivity index (χ2n) is 6.14. The Kier molecular flexibility index (Phi) is 3.49. The van der Waals surface area contributed by atoms with Gasteiger partial charge in [0.05, 0.1) is 16.4 Å². The molecule has 28 heavy (non-hydrogen) atoms. The van der Waals surface area contributed by atoms with Gasteiger partial charge < -0.3 is 21.4 Å². The number of nitrogen functional groups attached to an aromatic ring is 2. The predicted octanol–water partition coefficient (Wildman–Crippen LogP) is 2.80. The van der Waals surface area contributed by atoms with Crippen LogP contribution >= 0.6 is 11.8 Å². The van der Waals surface area contributed by atoms with Crippen LogP contribution in [0, 0.1) is 5.82 Å². The molecule has 2 aromatic carbocycles. The van der Waals surface area contributed by atoms with Crippen LogP contribution in [0.3, 0.4) is 0 Å². The number of hydrogen-bond donors (Lipinski definition) is 4. The van der Waals surface area contributed by atoms with E-state index in [4.69, 9.17) is 11.5 Å². The molecule has 0 bridgehead atoms. The molecular weight excluding hydrogens is 381 g/mol. The Hall–Kier alpha value is -3.66. The van der Waals surface area contributed by atoms with E-state index < -0.39 is 5.82 Å². The maximum absolute atomic E-state index is 13.9. The number of nitrogens with two attached hydrogens (primary N) is 2. The summed E-state index contributed by atoms with van der Waals surface area (Å²) in [4.78, 5) is 30.9. The van der Waals surface area contributed by atoms with Crippen LogP contribution in [-0.2, 0) is 0 Å². The zero-order valence-electron chi connectivity index (χ0n) is 14.2. The Balaban J connectivity index is 1.81. The van der Waals surface area contributed by atoms with Crippen LogP contribution in [0.15, 0.2) is 51.5 Å². The first-order valence-electron chi connectivity index (χ1n) is 8.20. The summed E-state index contributed by atoms with van der Waals surface area (Å²) >= 11 is 1.23. The van der Waals surface area contributed by atoms with Crippen molar-refractivity contribution in [2.45, 2.75) is 10.2 Å². The number of aromatic amines is 2. The van der Waals surface area contributed by atoms with Gasteiger partial charge in [-0.25, -0.2) is 14.4 Å². The van der Waals surface area contributed by atoms with Crippen LogP contribution in [0.2, 0.25) is 0 Å². The molecule has 0 radical (unpaired) electrons. The second kappa shape index (κ2) is 5.92. The van der Waals surface area contributed by atoms with E-state index in [9.17, 15) is 9.18 Å². The first kappa shape index (κ1) is 16.5. The lowest BCUT2D eigenvalue weighted by atomic mass is 10.0. The van der Waals surface area contributed by atoms with E-state index in [-0.39, 0.29) is 17.3 Å². The van der Waals surface area contributed by atoms with Crippen molar-refractivity contribution in [1.82, 2.24) is 24.9 Å². The van der Waals surface area contributed by atoms with Gasteiger partial charge in [-0.15, -0.1) is 0 Å². The fourth-order valence-corrected chi connectivity index (χ4v) is 4.09. The maximum Gasteiger partial charge on any atom is 0.256 e. The van der Waals surface area contributed by atoms with Crippen molar-refractivity contribution in [2.24, 2.45) is 0 Å². The quantitative estimate of drug-likeness (QED) is 0.267. The Morgan fingerprint density at radius 3 is 2.68 bits per heavy atom. The summed E-state index contributed by atoms with van der Waals surface area (Å²) in [5.41, 5.74) is 12.4. The molecule has 0 unspecified atom stereocenters. The van der Waals surface area contributed by atoms with Crippen molar-refractivity contribution in [3.05, 3.63) is 52.7 Å². The Bertz CT molecular complexity index is 1440. The highest BCUT2D eigenvalue weighted by Gasteiger charge is 2.16. The van der Waals surface area contributed by atoms with Crippen LogP contribution in [-0.4, -0.2) is 24.9 Å². The molecule has 6 N–H and O–H groups in total. The molecule has 10 heteroatoms. The number of nitrogens with zero attached hydrogens (tertiary/aromatic N) is 3. The van der Waals surface area contributed by atoms with Crippen molar-refractivity contribution in [2.75, 3.05) is 11.5 Å². The Morgan fingerprint density at radius 2 is 1.86 bits per heavy atom. The molecule has 138 valence electrons. The summed E-state index contributed by atoms with van der Waals surface area (Å²) in [6, 6.07) is 7.67. The molecule has 8 nitrogen and oxygen atoms in total. The lowest BCUT2D eigenvalue weighted by molar-refractivity contribution is 0.630. The molecule has 5 aromatic rings. The number of aromatic nitrogens is 5. The van der Waals surface area contributed by atoms with E-state index in [0.29, 0.717) is 42.8 Å². The summed E-state index contributed by atoms with van der Waals surface area (Å²) < 4.78 is 13.9. The standard InChI is InChI=1S/C18H12FN7OS/c19-7-1-2-8-10(5-7)13-9(3-4-22-16(13)27)15-14(8)25-18(26-15)28-12-6-11(20)23-17(21)24-12/h1-6H,(H,22,27)(H,25,26)(H4,20,21,23,24). The first-order valence-corrected chi connectivity index (χ1v) is 9.01. The number of fused-ring (bicyclic) bond motifs is 6. The number of pyridine rings is 1. The molecule has 0 amide bonds. The number of hydrogen-bond acceptors (Lipinski definition) is 7. The monoisotopic (exact) mass is 393 g/mol. The lowest BCUT2D eigenvalue weighted by Gasteiger charge is -2.05. The highest BCUT2D eigenvalue weighted by atomic mass is 32.2. The van der Waals surface area contributed by atoms with Crippen LogP contribution < -0.4 is 17.0 Å². The smallest absolute Gasteiger partial charge is 0.256 e. The van der Waals surface area contributed by atoms with Crippen LogP contribution in [0.5, 0.6) is 0 Å². The Morgan fingerprint density at radius 1 is 1.00 bits per heavy atom. The molecular formula is C18H12FN7OS. The lowest BCUT2D eigenvalue weighted by Crippen LogP contribution is -2.05. The number of halogens is 1. The van der Waals surface area contributed by atoms with E-state index in [2.05, 4.69) is 24.9 Å². The maximum atomic E-state index is 13.9. The number of H-pyrrole nitrogens is 2. The molecule has 3 aromatic heterocycles. The van der Waals surface area contributed by atoms with E-state index in [1.165, 1.54) is 23.9 Å². The van der Waals surface area contributed by atoms with Crippen LogP contribution in [0.4, 0.5) is 16.2 Å². The third-order valence-electron chi connectivity index (χ3n) is 4.36. The van der Waals surface area contributed by atoms with Crippen molar-refractivity contribution >= 4 is 56.1 Å². The Labute approximate surface area is 160 Å². The third-order valence-corrected chi connectivity index (χ3v) is 5.16. The molecule has 0 saturated heterocycles. The minimum atomic E-state index is -0.419. The minimum absolute atomic E-state index is 0.0662. The van der Waals surface area contributed by atoms with Crippen LogP contribution in [0.1, 0.15) is 0 Å². The summed E-state index contributed by atoms with van der Waals surface area (Å²) in [6.45, 7) is 0. The number of nitrogens with one attached hydrogen (secondary N) is 2. The van der Waals surface area contributed by atoms with E-state index >= 15 is 0 Å².